The van der Waals surface area contributed by atoms with Crippen LogP contribution in [0.2, 0.25) is 0 Å². The summed E-state index contributed by atoms with van der Waals surface area (Å²) in [7, 11) is 3.60. The third-order valence-electron chi connectivity index (χ3n) is 4.16. The average Bonchev–Trinajstić information content (AvgIpc) is 2.49. The molecule has 4 nitrogen and oxygen atoms in total. The van der Waals surface area contributed by atoms with Gasteiger partial charge in [-0.1, -0.05) is 71.1 Å². The quantitative estimate of drug-likeness (QED) is 0.273. The summed E-state index contributed by atoms with van der Waals surface area (Å²) < 4.78 is 5.30. The Hall–Kier alpha value is -0.610. The van der Waals surface area contributed by atoms with Crippen molar-refractivity contribution in [3.63, 3.8) is 0 Å². The number of aliphatic hydroxyl groups excluding tert-OH is 1. The second kappa shape index (κ2) is 14.9. The van der Waals surface area contributed by atoms with Crippen LogP contribution in [0.4, 0.5) is 0 Å². The van der Waals surface area contributed by atoms with Gasteiger partial charge in [0.2, 0.25) is 0 Å². The van der Waals surface area contributed by atoms with Gasteiger partial charge in [-0.25, -0.2) is 0 Å². The van der Waals surface area contributed by atoms with Gasteiger partial charge in [-0.2, -0.15) is 0 Å². The van der Waals surface area contributed by atoms with Crippen molar-refractivity contribution in [3.05, 3.63) is 0 Å². The molecule has 2 unspecified atom stereocenters. The minimum absolute atomic E-state index is 0.208. The molecule has 0 amide bonds. The highest BCUT2D eigenvalue weighted by atomic mass is 16.6. The average molecular weight is 330 g/mol. The summed E-state index contributed by atoms with van der Waals surface area (Å²) in [4.78, 5) is 13.5. The molecule has 0 aliphatic carbocycles. The lowest BCUT2D eigenvalue weighted by Gasteiger charge is -2.26. The fourth-order valence-corrected chi connectivity index (χ4v) is 2.76. The van der Waals surface area contributed by atoms with Crippen molar-refractivity contribution in [2.75, 3.05) is 14.1 Å². The van der Waals surface area contributed by atoms with Crippen LogP contribution >= 0.6 is 0 Å². The molecular formula is C19H39NO3. The molecule has 23 heavy (non-hydrogen) atoms. The van der Waals surface area contributed by atoms with E-state index in [9.17, 15) is 9.90 Å². The summed E-state index contributed by atoms with van der Waals surface area (Å²) in [6.07, 6.45) is 13.2. The van der Waals surface area contributed by atoms with Crippen LogP contribution in [0.25, 0.3) is 0 Å². The second-order valence-corrected chi connectivity index (χ2v) is 6.87. The molecule has 0 aromatic carbocycles. The van der Waals surface area contributed by atoms with Crippen LogP contribution in [-0.2, 0) is 9.53 Å². The van der Waals surface area contributed by atoms with E-state index in [2.05, 4.69) is 6.92 Å². The van der Waals surface area contributed by atoms with E-state index in [0.29, 0.717) is 6.42 Å². The highest BCUT2D eigenvalue weighted by Gasteiger charge is 2.21. The Balaban J connectivity index is 3.45. The molecule has 1 N–H and O–H groups in total. The van der Waals surface area contributed by atoms with Crippen molar-refractivity contribution in [2.24, 2.45) is 0 Å². The fraction of sp³-hybridized carbons (Fsp3) is 0.947. The summed E-state index contributed by atoms with van der Waals surface area (Å²) >= 11 is 0. The fourth-order valence-electron chi connectivity index (χ4n) is 2.76. The van der Waals surface area contributed by atoms with E-state index >= 15 is 0 Å². The van der Waals surface area contributed by atoms with E-state index in [1.54, 1.807) is 25.9 Å². The second-order valence-electron chi connectivity index (χ2n) is 6.87. The third kappa shape index (κ3) is 13.5. The van der Waals surface area contributed by atoms with Gasteiger partial charge in [0.25, 0.3) is 0 Å². The van der Waals surface area contributed by atoms with Gasteiger partial charge in [-0.3, -0.25) is 9.69 Å². The van der Waals surface area contributed by atoms with Crippen molar-refractivity contribution >= 4 is 5.97 Å². The van der Waals surface area contributed by atoms with Gasteiger partial charge >= 0.3 is 5.97 Å². The number of unbranched alkanes of at least 4 members (excludes halogenated alkanes) is 10. The van der Waals surface area contributed by atoms with Gasteiger partial charge in [-0.15, -0.1) is 0 Å². The predicted octanol–water partition coefficient (Wildman–Crippen LogP) is 4.50. The molecule has 0 rings (SSSR count). The molecule has 4 heteroatoms. The van der Waals surface area contributed by atoms with Gasteiger partial charge in [0.15, 0.2) is 6.23 Å². The number of nitrogens with zero attached hydrogens (tertiary/aromatic N) is 1. The summed E-state index contributed by atoms with van der Waals surface area (Å²) in [5.41, 5.74) is 0. The Morgan fingerprint density at radius 2 is 1.35 bits per heavy atom. The van der Waals surface area contributed by atoms with Crippen molar-refractivity contribution in [1.82, 2.24) is 4.90 Å². The van der Waals surface area contributed by atoms with Crippen molar-refractivity contribution < 1.29 is 14.6 Å². The molecule has 0 saturated carbocycles. The molecule has 0 heterocycles. The number of aliphatic hydroxyl groups is 1. The zero-order valence-electron chi connectivity index (χ0n) is 15.9. The van der Waals surface area contributed by atoms with Crippen LogP contribution in [0.15, 0.2) is 0 Å². The Kier molecular flexibility index (Phi) is 14.6. The molecule has 0 fully saturated rings. The Morgan fingerprint density at radius 3 is 1.74 bits per heavy atom. The summed E-state index contributed by atoms with van der Waals surface area (Å²) in [5.74, 6) is -0.208. The summed E-state index contributed by atoms with van der Waals surface area (Å²) in [6.45, 7) is 3.89. The number of ether oxygens (including phenoxy) is 1. The first-order valence-corrected chi connectivity index (χ1v) is 9.53. The number of carbonyl (C=O) groups excluding carboxylic acids is 1. The molecule has 2 atom stereocenters. The smallest absolute Gasteiger partial charge is 0.307 e. The van der Waals surface area contributed by atoms with E-state index in [4.69, 9.17) is 4.74 Å². The largest absolute Gasteiger partial charge is 0.444 e. The van der Waals surface area contributed by atoms with Crippen LogP contribution in [-0.4, -0.2) is 42.4 Å². The molecular weight excluding hydrogens is 290 g/mol. The van der Waals surface area contributed by atoms with Gasteiger partial charge in [0.05, 0.1) is 0 Å². The molecule has 0 aromatic heterocycles. The Morgan fingerprint density at radius 1 is 0.913 bits per heavy atom. The van der Waals surface area contributed by atoms with E-state index in [0.717, 1.165) is 12.8 Å². The predicted molar refractivity (Wildman–Crippen MR) is 96.3 cm³/mol. The Bertz CT molecular complexity index is 272. The maximum Gasteiger partial charge on any atom is 0.307 e. The number of carbonyl (C=O) groups is 1. The molecule has 0 bridgehead atoms. The molecule has 0 aliphatic heterocycles. The summed E-state index contributed by atoms with van der Waals surface area (Å²) in [5, 5.41) is 9.57. The highest BCUT2D eigenvalue weighted by Crippen LogP contribution is 2.12. The lowest BCUT2D eigenvalue weighted by molar-refractivity contribution is -0.167. The first kappa shape index (κ1) is 22.4. The van der Waals surface area contributed by atoms with Gasteiger partial charge in [-0.05, 0) is 27.4 Å². The first-order chi connectivity index (χ1) is 11.0. The lowest BCUT2D eigenvalue weighted by atomic mass is 10.1. The lowest BCUT2D eigenvalue weighted by Crippen LogP contribution is -2.41. The van der Waals surface area contributed by atoms with Crippen LogP contribution in [0, 0.1) is 0 Å². The van der Waals surface area contributed by atoms with E-state index in [-0.39, 0.29) is 5.97 Å². The van der Waals surface area contributed by atoms with Crippen molar-refractivity contribution in [2.45, 2.75) is 103 Å². The topological polar surface area (TPSA) is 49.8 Å². The van der Waals surface area contributed by atoms with Crippen LogP contribution in [0.5, 0.6) is 0 Å². The summed E-state index contributed by atoms with van der Waals surface area (Å²) in [6, 6.07) is 0. The van der Waals surface area contributed by atoms with Crippen LogP contribution < -0.4 is 0 Å². The maximum absolute atomic E-state index is 11.8. The van der Waals surface area contributed by atoms with Crippen LogP contribution in [0.3, 0.4) is 0 Å². The zero-order valence-corrected chi connectivity index (χ0v) is 15.9. The van der Waals surface area contributed by atoms with Crippen molar-refractivity contribution in [1.29, 1.82) is 0 Å². The number of likely N-dealkylation sites (N-methyl/N-ethyl adjacent to an activating group) is 1. The molecule has 138 valence electrons. The van der Waals surface area contributed by atoms with Gasteiger partial charge in [0.1, 0.15) is 6.10 Å². The van der Waals surface area contributed by atoms with Gasteiger partial charge < -0.3 is 9.84 Å². The zero-order chi connectivity index (χ0) is 17.5. The standard InChI is InChI=1S/C19H39NO3/c1-5-6-7-8-9-10-11-12-13-14-15-16-18(22)23-19(17(2)21)20(3)4/h17,19,21H,5-16H2,1-4H3. The number of hydrogen-bond donors (Lipinski definition) is 1. The van der Waals surface area contributed by atoms with Crippen molar-refractivity contribution in [3.8, 4) is 0 Å². The third-order valence-corrected chi connectivity index (χ3v) is 4.16. The first-order valence-electron chi connectivity index (χ1n) is 9.53. The SMILES string of the molecule is CCCCCCCCCCCCCC(=O)OC(C(C)O)N(C)C. The molecule has 0 radical (unpaired) electrons. The normalized spacial score (nSPS) is 14.0. The minimum atomic E-state index is -0.675. The number of rotatable bonds is 15. The minimum Gasteiger partial charge on any atom is -0.444 e. The number of esters is 1. The molecule has 0 saturated heterocycles. The van der Waals surface area contributed by atoms with Crippen LogP contribution in [0.1, 0.15) is 90.9 Å². The monoisotopic (exact) mass is 329 g/mol. The van der Waals surface area contributed by atoms with E-state index in [1.165, 1.54) is 57.8 Å². The Labute approximate surface area is 143 Å². The number of hydrogen-bond acceptors (Lipinski definition) is 4. The molecule has 0 spiro atoms. The maximum atomic E-state index is 11.8. The highest BCUT2D eigenvalue weighted by molar-refractivity contribution is 5.69. The molecule has 0 aromatic rings. The van der Waals surface area contributed by atoms with Gasteiger partial charge in [0, 0.05) is 6.42 Å². The molecule has 0 aliphatic rings. The van der Waals surface area contributed by atoms with E-state index in [1.807, 2.05) is 0 Å². The van der Waals surface area contributed by atoms with E-state index < -0.39 is 12.3 Å².